The van der Waals surface area contributed by atoms with Crippen LogP contribution in [0, 0.1) is 5.41 Å². The Morgan fingerprint density at radius 3 is 2.71 bits per heavy atom. The fourth-order valence-electron chi connectivity index (χ4n) is 2.34. The molecule has 0 spiro atoms. The highest BCUT2D eigenvalue weighted by Crippen LogP contribution is 2.36. The van der Waals surface area contributed by atoms with E-state index in [1.165, 1.54) is 0 Å². The van der Waals surface area contributed by atoms with E-state index >= 15 is 0 Å². The van der Waals surface area contributed by atoms with Crippen molar-refractivity contribution in [3.05, 3.63) is 18.6 Å². The van der Waals surface area contributed by atoms with Gasteiger partial charge in [0.2, 0.25) is 0 Å². The van der Waals surface area contributed by atoms with Gasteiger partial charge in [-0.3, -0.25) is 9.78 Å². The predicted octanol–water partition coefficient (Wildman–Crippen LogP) is 1.92. The van der Waals surface area contributed by atoms with Crippen LogP contribution in [0.2, 0.25) is 0 Å². The molecule has 92 valence electrons. The summed E-state index contributed by atoms with van der Waals surface area (Å²) in [6.45, 7) is 0.432. The van der Waals surface area contributed by atoms with E-state index in [1.54, 1.807) is 18.6 Å². The van der Waals surface area contributed by atoms with Crippen LogP contribution in [-0.2, 0) is 4.79 Å². The van der Waals surface area contributed by atoms with Gasteiger partial charge in [0, 0.05) is 18.9 Å². The minimum atomic E-state index is -0.700. The molecule has 0 aromatic carbocycles. The first-order chi connectivity index (χ1) is 8.23. The van der Waals surface area contributed by atoms with Crippen molar-refractivity contribution in [1.82, 2.24) is 9.97 Å². The first kappa shape index (κ1) is 11.8. The van der Waals surface area contributed by atoms with Gasteiger partial charge in [-0.15, -0.1) is 0 Å². The summed E-state index contributed by atoms with van der Waals surface area (Å²) in [6.07, 6.45) is 9.42. The smallest absolute Gasteiger partial charge is 0.311 e. The zero-order valence-corrected chi connectivity index (χ0v) is 9.72. The molecule has 0 bridgehead atoms. The monoisotopic (exact) mass is 235 g/mol. The van der Waals surface area contributed by atoms with Gasteiger partial charge in [-0.2, -0.15) is 0 Å². The van der Waals surface area contributed by atoms with Crippen molar-refractivity contribution in [2.45, 2.75) is 32.1 Å². The average Bonchev–Trinajstić information content (AvgIpc) is 2.38. The lowest BCUT2D eigenvalue weighted by molar-refractivity contribution is -0.150. The number of carboxylic acids is 1. The highest BCUT2D eigenvalue weighted by molar-refractivity contribution is 5.75. The van der Waals surface area contributed by atoms with E-state index in [1.807, 2.05) is 0 Å². The maximum absolute atomic E-state index is 11.4. The Kier molecular flexibility index (Phi) is 3.56. The van der Waals surface area contributed by atoms with Crippen molar-refractivity contribution in [1.29, 1.82) is 0 Å². The lowest BCUT2D eigenvalue weighted by Crippen LogP contribution is -2.39. The summed E-state index contributed by atoms with van der Waals surface area (Å²) in [7, 11) is 0. The van der Waals surface area contributed by atoms with Crippen LogP contribution < -0.4 is 5.32 Å². The molecular weight excluding hydrogens is 218 g/mol. The zero-order chi connectivity index (χ0) is 12.1. The number of rotatable bonds is 4. The minimum Gasteiger partial charge on any atom is -0.481 e. The van der Waals surface area contributed by atoms with Crippen LogP contribution >= 0.6 is 0 Å². The minimum absolute atomic E-state index is 0.432. The van der Waals surface area contributed by atoms with Crippen LogP contribution in [0.4, 0.5) is 5.82 Å². The van der Waals surface area contributed by atoms with Gasteiger partial charge < -0.3 is 10.4 Å². The summed E-state index contributed by atoms with van der Waals surface area (Å²) < 4.78 is 0. The van der Waals surface area contributed by atoms with Crippen LogP contribution in [-0.4, -0.2) is 27.6 Å². The van der Waals surface area contributed by atoms with E-state index in [4.69, 9.17) is 0 Å². The summed E-state index contributed by atoms with van der Waals surface area (Å²) in [5.74, 6) is -0.0627. The third kappa shape index (κ3) is 2.72. The lowest BCUT2D eigenvalue weighted by atomic mass is 9.74. The second-order valence-electron chi connectivity index (χ2n) is 4.59. The van der Waals surface area contributed by atoms with E-state index in [0.717, 1.165) is 32.1 Å². The summed E-state index contributed by atoms with van der Waals surface area (Å²) in [4.78, 5) is 19.5. The molecule has 2 N–H and O–H groups in total. The van der Waals surface area contributed by atoms with Crippen molar-refractivity contribution < 1.29 is 9.90 Å². The quantitative estimate of drug-likeness (QED) is 0.834. The van der Waals surface area contributed by atoms with Gasteiger partial charge >= 0.3 is 5.97 Å². The number of aromatic nitrogens is 2. The second-order valence-corrected chi connectivity index (χ2v) is 4.59. The van der Waals surface area contributed by atoms with Crippen molar-refractivity contribution >= 4 is 11.8 Å². The Bertz CT molecular complexity index is 375. The van der Waals surface area contributed by atoms with Crippen molar-refractivity contribution in [2.24, 2.45) is 5.41 Å². The SMILES string of the molecule is O=C(O)C1(CNc2cnccn2)CCCCC1. The average molecular weight is 235 g/mol. The van der Waals surface area contributed by atoms with Crippen LogP contribution in [0.15, 0.2) is 18.6 Å². The van der Waals surface area contributed by atoms with Crippen LogP contribution in [0.1, 0.15) is 32.1 Å². The summed E-state index contributed by atoms with van der Waals surface area (Å²) >= 11 is 0. The molecule has 0 radical (unpaired) electrons. The fourth-order valence-corrected chi connectivity index (χ4v) is 2.34. The zero-order valence-electron chi connectivity index (χ0n) is 9.72. The van der Waals surface area contributed by atoms with Gasteiger partial charge in [0.1, 0.15) is 5.82 Å². The number of carboxylic acid groups (broad SMARTS) is 1. The van der Waals surface area contributed by atoms with Crippen molar-refractivity contribution in [2.75, 3.05) is 11.9 Å². The van der Waals surface area contributed by atoms with Gasteiger partial charge in [0.05, 0.1) is 11.6 Å². The molecule has 2 rings (SSSR count). The Labute approximate surface area is 100 Å². The maximum atomic E-state index is 11.4. The van der Waals surface area contributed by atoms with Gasteiger partial charge in [-0.05, 0) is 12.8 Å². The number of aliphatic carboxylic acids is 1. The number of nitrogens with one attached hydrogen (secondary N) is 1. The molecule has 5 nitrogen and oxygen atoms in total. The topological polar surface area (TPSA) is 75.1 Å². The molecule has 0 unspecified atom stereocenters. The summed E-state index contributed by atoms with van der Waals surface area (Å²) in [6, 6.07) is 0. The molecule has 1 aromatic heterocycles. The van der Waals surface area contributed by atoms with Gasteiger partial charge in [0.15, 0.2) is 0 Å². The van der Waals surface area contributed by atoms with Gasteiger partial charge in [-0.1, -0.05) is 19.3 Å². The van der Waals surface area contributed by atoms with Crippen LogP contribution in [0.25, 0.3) is 0 Å². The third-order valence-electron chi connectivity index (χ3n) is 3.44. The molecule has 5 heteroatoms. The molecule has 1 saturated carbocycles. The number of nitrogens with zero attached hydrogens (tertiary/aromatic N) is 2. The first-order valence-electron chi connectivity index (χ1n) is 5.96. The molecule has 0 atom stereocenters. The molecule has 1 aromatic rings. The van der Waals surface area contributed by atoms with E-state index in [0.29, 0.717) is 12.4 Å². The molecule has 0 aliphatic heterocycles. The fraction of sp³-hybridized carbons (Fsp3) is 0.583. The second kappa shape index (κ2) is 5.12. The highest BCUT2D eigenvalue weighted by Gasteiger charge is 2.39. The predicted molar refractivity (Wildman–Crippen MR) is 63.7 cm³/mol. The summed E-state index contributed by atoms with van der Waals surface area (Å²) in [5, 5.41) is 12.5. The number of hydrogen-bond donors (Lipinski definition) is 2. The highest BCUT2D eigenvalue weighted by atomic mass is 16.4. The Balaban J connectivity index is 2.01. The molecule has 0 saturated heterocycles. The Morgan fingerprint density at radius 1 is 1.35 bits per heavy atom. The number of anilines is 1. The Hall–Kier alpha value is -1.65. The number of carbonyl (C=O) groups is 1. The largest absolute Gasteiger partial charge is 0.481 e. The Morgan fingerprint density at radius 2 is 2.12 bits per heavy atom. The third-order valence-corrected chi connectivity index (χ3v) is 3.44. The molecule has 1 fully saturated rings. The molecule has 1 aliphatic rings. The normalized spacial score (nSPS) is 18.6. The van der Waals surface area contributed by atoms with E-state index in [2.05, 4.69) is 15.3 Å². The van der Waals surface area contributed by atoms with Gasteiger partial charge in [-0.25, -0.2) is 4.98 Å². The van der Waals surface area contributed by atoms with E-state index in [9.17, 15) is 9.90 Å². The molecule has 17 heavy (non-hydrogen) atoms. The standard InChI is InChI=1S/C12H17N3O2/c16-11(17)12(4-2-1-3-5-12)9-15-10-8-13-6-7-14-10/h6-8H,1-5,9H2,(H,14,15)(H,16,17). The van der Waals surface area contributed by atoms with Gasteiger partial charge in [0.25, 0.3) is 0 Å². The molecule has 0 amide bonds. The lowest BCUT2D eigenvalue weighted by Gasteiger charge is -2.33. The van der Waals surface area contributed by atoms with E-state index in [-0.39, 0.29) is 0 Å². The molecule has 1 heterocycles. The molecule has 1 aliphatic carbocycles. The molecular formula is C12H17N3O2. The summed E-state index contributed by atoms with van der Waals surface area (Å²) in [5.41, 5.74) is -0.629. The number of hydrogen-bond acceptors (Lipinski definition) is 4. The van der Waals surface area contributed by atoms with Crippen molar-refractivity contribution in [3.8, 4) is 0 Å². The van der Waals surface area contributed by atoms with Crippen molar-refractivity contribution in [3.63, 3.8) is 0 Å². The van der Waals surface area contributed by atoms with Crippen LogP contribution in [0.5, 0.6) is 0 Å². The first-order valence-corrected chi connectivity index (χ1v) is 5.96. The maximum Gasteiger partial charge on any atom is 0.311 e. The van der Waals surface area contributed by atoms with E-state index < -0.39 is 11.4 Å². The van der Waals surface area contributed by atoms with Crippen LogP contribution in [0.3, 0.4) is 0 Å².